The lowest BCUT2D eigenvalue weighted by Gasteiger charge is -2.09. The summed E-state index contributed by atoms with van der Waals surface area (Å²) in [5, 5.41) is 8.99. The van der Waals surface area contributed by atoms with Gasteiger partial charge in [0.2, 0.25) is 0 Å². The summed E-state index contributed by atoms with van der Waals surface area (Å²) >= 11 is 2.32. The van der Waals surface area contributed by atoms with Crippen LogP contribution in [-0.4, -0.2) is 9.55 Å². The normalized spacial score (nSPS) is 10.3. The Morgan fingerprint density at radius 1 is 1.14 bits per heavy atom. The molecule has 0 N–H and O–H groups in total. The number of hydrogen-bond donors (Lipinski definition) is 0. The van der Waals surface area contributed by atoms with E-state index in [1.807, 2.05) is 48.8 Å². The highest BCUT2D eigenvalue weighted by Gasteiger charge is 2.09. The molecule has 2 aromatic carbocycles. The van der Waals surface area contributed by atoms with Crippen LogP contribution >= 0.6 is 22.6 Å². The van der Waals surface area contributed by atoms with E-state index in [1.165, 1.54) is 3.57 Å². The van der Waals surface area contributed by atoms with Crippen molar-refractivity contribution in [3.8, 4) is 17.5 Å². The molecule has 3 rings (SSSR count). The van der Waals surface area contributed by atoms with E-state index >= 15 is 0 Å². The van der Waals surface area contributed by atoms with E-state index in [1.54, 1.807) is 0 Å². The van der Waals surface area contributed by atoms with Crippen LogP contribution in [0.25, 0.3) is 11.4 Å². The van der Waals surface area contributed by atoms with Gasteiger partial charge in [0.05, 0.1) is 11.6 Å². The van der Waals surface area contributed by atoms with Gasteiger partial charge in [0.1, 0.15) is 5.82 Å². The van der Waals surface area contributed by atoms with Crippen molar-refractivity contribution in [2.75, 3.05) is 0 Å². The SMILES string of the molecule is N#Cc1cccc(Cn2ccnc2-c2ccccc2I)c1. The monoisotopic (exact) mass is 385 g/mol. The Morgan fingerprint density at radius 3 is 2.81 bits per heavy atom. The van der Waals surface area contributed by atoms with Gasteiger partial charge in [-0.05, 0) is 46.4 Å². The van der Waals surface area contributed by atoms with Crippen LogP contribution in [0, 0.1) is 14.9 Å². The first-order valence-corrected chi connectivity index (χ1v) is 7.61. The second-order valence-corrected chi connectivity index (χ2v) is 5.83. The van der Waals surface area contributed by atoms with Gasteiger partial charge in [-0.2, -0.15) is 5.26 Å². The Labute approximate surface area is 137 Å². The number of nitrogens with zero attached hydrogens (tertiary/aromatic N) is 3. The summed E-state index contributed by atoms with van der Waals surface area (Å²) in [4.78, 5) is 4.48. The van der Waals surface area contributed by atoms with Crippen molar-refractivity contribution >= 4 is 22.6 Å². The molecular weight excluding hydrogens is 373 g/mol. The zero-order valence-electron chi connectivity index (χ0n) is 11.2. The fraction of sp³-hybridized carbons (Fsp3) is 0.0588. The molecule has 21 heavy (non-hydrogen) atoms. The van der Waals surface area contributed by atoms with Crippen LogP contribution in [0.4, 0.5) is 0 Å². The molecule has 0 bridgehead atoms. The highest BCUT2D eigenvalue weighted by atomic mass is 127. The smallest absolute Gasteiger partial charge is 0.141 e. The fourth-order valence-electron chi connectivity index (χ4n) is 2.26. The van der Waals surface area contributed by atoms with Gasteiger partial charge in [-0.1, -0.05) is 30.3 Å². The van der Waals surface area contributed by atoms with Crippen molar-refractivity contribution < 1.29 is 0 Å². The summed E-state index contributed by atoms with van der Waals surface area (Å²) < 4.78 is 3.28. The molecule has 0 aliphatic carbocycles. The highest BCUT2D eigenvalue weighted by molar-refractivity contribution is 14.1. The van der Waals surface area contributed by atoms with E-state index in [0.29, 0.717) is 12.1 Å². The largest absolute Gasteiger partial charge is 0.327 e. The third-order valence-corrected chi connectivity index (χ3v) is 4.18. The number of hydrogen-bond acceptors (Lipinski definition) is 2. The van der Waals surface area contributed by atoms with Gasteiger partial charge in [0.25, 0.3) is 0 Å². The van der Waals surface area contributed by atoms with Gasteiger partial charge in [0.15, 0.2) is 0 Å². The molecule has 3 aromatic rings. The molecule has 0 amide bonds. The summed E-state index contributed by atoms with van der Waals surface area (Å²) in [6.07, 6.45) is 3.78. The number of benzene rings is 2. The number of imidazole rings is 1. The summed E-state index contributed by atoms with van der Waals surface area (Å²) in [6.45, 7) is 0.704. The van der Waals surface area contributed by atoms with Gasteiger partial charge in [0, 0.05) is 28.1 Å². The molecule has 0 saturated heterocycles. The number of nitriles is 1. The van der Waals surface area contributed by atoms with Crippen LogP contribution in [0.15, 0.2) is 60.9 Å². The third-order valence-electron chi connectivity index (χ3n) is 3.24. The van der Waals surface area contributed by atoms with E-state index in [9.17, 15) is 0 Å². The van der Waals surface area contributed by atoms with Crippen molar-refractivity contribution in [3.63, 3.8) is 0 Å². The number of rotatable bonds is 3. The van der Waals surface area contributed by atoms with Gasteiger partial charge in [-0.15, -0.1) is 0 Å². The molecule has 3 nitrogen and oxygen atoms in total. The summed E-state index contributed by atoms with van der Waals surface area (Å²) in [5.74, 6) is 0.947. The predicted molar refractivity (Wildman–Crippen MR) is 90.6 cm³/mol. The lowest BCUT2D eigenvalue weighted by Crippen LogP contribution is -2.02. The number of aromatic nitrogens is 2. The lowest BCUT2D eigenvalue weighted by atomic mass is 10.1. The molecule has 102 valence electrons. The molecular formula is C17H12IN3. The van der Waals surface area contributed by atoms with Crippen LogP contribution in [-0.2, 0) is 6.54 Å². The van der Waals surface area contributed by atoms with Crippen LogP contribution < -0.4 is 0 Å². The van der Waals surface area contributed by atoms with Crippen LogP contribution in [0.2, 0.25) is 0 Å². The average Bonchev–Trinajstić information content (AvgIpc) is 2.96. The summed E-state index contributed by atoms with van der Waals surface area (Å²) in [5.41, 5.74) is 2.90. The number of halogens is 1. The maximum atomic E-state index is 8.99. The molecule has 0 aliphatic heterocycles. The van der Waals surface area contributed by atoms with Crippen LogP contribution in [0.5, 0.6) is 0 Å². The highest BCUT2D eigenvalue weighted by Crippen LogP contribution is 2.24. The van der Waals surface area contributed by atoms with Crippen molar-refractivity contribution in [1.29, 1.82) is 5.26 Å². The Morgan fingerprint density at radius 2 is 2.00 bits per heavy atom. The minimum atomic E-state index is 0.684. The topological polar surface area (TPSA) is 41.6 Å². The molecule has 0 aliphatic rings. The second-order valence-electron chi connectivity index (χ2n) is 4.67. The van der Waals surface area contributed by atoms with Gasteiger partial charge >= 0.3 is 0 Å². The maximum absolute atomic E-state index is 8.99. The Hall–Kier alpha value is -2.13. The first kappa shape index (κ1) is 13.8. The molecule has 0 saturated carbocycles. The lowest BCUT2D eigenvalue weighted by molar-refractivity contribution is 0.806. The van der Waals surface area contributed by atoms with E-state index in [2.05, 4.69) is 50.3 Å². The van der Waals surface area contributed by atoms with Crippen molar-refractivity contribution in [2.45, 2.75) is 6.54 Å². The molecule has 1 aromatic heterocycles. The standard InChI is InChI=1S/C17H12IN3/c18-16-7-2-1-6-15(16)17-20-8-9-21(17)12-14-5-3-4-13(10-14)11-19/h1-10H,12H2. The first-order chi connectivity index (χ1) is 10.3. The minimum Gasteiger partial charge on any atom is -0.327 e. The zero-order valence-corrected chi connectivity index (χ0v) is 13.4. The third kappa shape index (κ3) is 2.98. The van der Waals surface area contributed by atoms with Gasteiger partial charge in [-0.3, -0.25) is 0 Å². The van der Waals surface area contributed by atoms with Crippen molar-refractivity contribution in [1.82, 2.24) is 9.55 Å². The van der Waals surface area contributed by atoms with Gasteiger partial charge in [-0.25, -0.2) is 4.98 Å². The predicted octanol–water partition coefficient (Wildman–Crippen LogP) is 4.07. The van der Waals surface area contributed by atoms with E-state index in [0.717, 1.165) is 17.0 Å². The van der Waals surface area contributed by atoms with Crippen molar-refractivity contribution in [3.05, 3.63) is 75.6 Å². The van der Waals surface area contributed by atoms with Crippen LogP contribution in [0.1, 0.15) is 11.1 Å². The van der Waals surface area contributed by atoms with Crippen molar-refractivity contribution in [2.24, 2.45) is 0 Å². The zero-order chi connectivity index (χ0) is 14.7. The summed E-state index contributed by atoms with van der Waals surface area (Å²) in [7, 11) is 0. The van der Waals surface area contributed by atoms with Gasteiger partial charge < -0.3 is 4.57 Å². The second kappa shape index (κ2) is 6.10. The molecule has 1 heterocycles. The molecule has 4 heteroatoms. The summed E-state index contributed by atoms with van der Waals surface area (Å²) in [6, 6.07) is 18.0. The van der Waals surface area contributed by atoms with E-state index in [4.69, 9.17) is 5.26 Å². The minimum absolute atomic E-state index is 0.684. The Bertz CT molecular complexity index is 815. The average molecular weight is 385 g/mol. The fourth-order valence-corrected chi connectivity index (χ4v) is 2.89. The van der Waals surface area contributed by atoms with E-state index in [-0.39, 0.29) is 0 Å². The molecule has 0 spiro atoms. The quantitative estimate of drug-likeness (QED) is 0.638. The molecule has 0 radical (unpaired) electrons. The Balaban J connectivity index is 1.97. The molecule has 0 unspecified atom stereocenters. The van der Waals surface area contributed by atoms with E-state index < -0.39 is 0 Å². The van der Waals surface area contributed by atoms with Crippen LogP contribution in [0.3, 0.4) is 0 Å². The molecule has 0 atom stereocenters. The first-order valence-electron chi connectivity index (χ1n) is 6.53. The maximum Gasteiger partial charge on any atom is 0.141 e. The Kier molecular flexibility index (Phi) is 4.02. The molecule has 0 fully saturated rings.